The minimum absolute atomic E-state index is 0.0531. The molecule has 1 amide bonds. The average Bonchev–Trinajstić information content (AvgIpc) is 2.62. The van der Waals surface area contributed by atoms with Gasteiger partial charge in [-0.15, -0.1) is 0 Å². The minimum Gasteiger partial charge on any atom is -0.326 e. The topological polar surface area (TPSA) is 132 Å². The molecule has 0 saturated heterocycles. The Bertz CT molecular complexity index is 1060. The van der Waals surface area contributed by atoms with Crippen LogP contribution >= 0.6 is 0 Å². The third-order valence-electron chi connectivity index (χ3n) is 4.24. The number of benzene rings is 1. The second-order valence-electron chi connectivity index (χ2n) is 5.95. The van der Waals surface area contributed by atoms with Crippen LogP contribution in [-0.2, 0) is 21.2 Å². The molecule has 9 heteroatoms. The number of sulfonamides is 1. The van der Waals surface area contributed by atoms with Gasteiger partial charge in [-0.05, 0) is 62.7 Å². The quantitative estimate of drug-likeness (QED) is 0.687. The van der Waals surface area contributed by atoms with Crippen molar-refractivity contribution in [3.05, 3.63) is 57.0 Å². The molecule has 3 N–H and O–H groups in total. The number of aryl methyl sites for hydroxylation is 1. The van der Waals surface area contributed by atoms with E-state index in [2.05, 4.69) is 15.0 Å². The summed E-state index contributed by atoms with van der Waals surface area (Å²) >= 11 is 0. The molecular formula is C18H20N4O4S. The Hall–Kier alpha value is -2.96. The van der Waals surface area contributed by atoms with Crippen LogP contribution in [0.5, 0.6) is 0 Å². The molecule has 0 unspecified atom stereocenters. The maximum Gasteiger partial charge on any atom is 0.266 e. The van der Waals surface area contributed by atoms with Gasteiger partial charge in [0.1, 0.15) is 11.6 Å². The molecule has 0 spiro atoms. The highest BCUT2D eigenvalue weighted by atomic mass is 32.2. The van der Waals surface area contributed by atoms with Crippen molar-refractivity contribution in [3.63, 3.8) is 0 Å². The lowest BCUT2D eigenvalue weighted by Crippen LogP contribution is -2.19. The number of rotatable bonds is 6. The molecule has 1 aromatic heterocycles. The van der Waals surface area contributed by atoms with E-state index in [-0.39, 0.29) is 22.8 Å². The number of H-pyrrole nitrogens is 1. The van der Waals surface area contributed by atoms with Gasteiger partial charge < -0.3 is 10.3 Å². The Labute approximate surface area is 157 Å². The zero-order valence-corrected chi connectivity index (χ0v) is 16.0. The molecule has 0 aliphatic heterocycles. The SMILES string of the molecule is CNS(=O)(=O)c1ccc(NC(=O)CCc2c(C)[nH]c(=O)c(C#N)c2C)cc1. The van der Waals surface area contributed by atoms with Gasteiger partial charge in [0.15, 0.2) is 0 Å². The summed E-state index contributed by atoms with van der Waals surface area (Å²) in [5.74, 6) is -0.261. The zero-order chi connectivity index (χ0) is 20.2. The molecule has 8 nitrogen and oxygen atoms in total. The monoisotopic (exact) mass is 388 g/mol. The number of nitriles is 1. The average molecular weight is 388 g/mol. The first-order chi connectivity index (χ1) is 12.7. The van der Waals surface area contributed by atoms with Crippen molar-refractivity contribution in [3.8, 4) is 6.07 Å². The molecule has 0 saturated carbocycles. The van der Waals surface area contributed by atoms with Crippen LogP contribution in [0.15, 0.2) is 34.0 Å². The van der Waals surface area contributed by atoms with Crippen LogP contribution in [0, 0.1) is 25.2 Å². The Kier molecular flexibility index (Phi) is 6.15. The molecule has 0 fully saturated rings. The number of aromatic amines is 1. The number of aromatic nitrogens is 1. The van der Waals surface area contributed by atoms with E-state index < -0.39 is 15.6 Å². The number of hydrogen-bond acceptors (Lipinski definition) is 5. The van der Waals surface area contributed by atoms with E-state index in [0.29, 0.717) is 23.4 Å². The molecule has 27 heavy (non-hydrogen) atoms. The van der Waals surface area contributed by atoms with Crippen molar-refractivity contribution < 1.29 is 13.2 Å². The molecule has 0 radical (unpaired) electrons. The number of hydrogen-bond donors (Lipinski definition) is 3. The van der Waals surface area contributed by atoms with E-state index >= 15 is 0 Å². The summed E-state index contributed by atoms with van der Waals surface area (Å²) in [4.78, 5) is 26.7. The van der Waals surface area contributed by atoms with Crippen molar-refractivity contribution >= 4 is 21.6 Å². The first-order valence-electron chi connectivity index (χ1n) is 8.15. The van der Waals surface area contributed by atoms with Gasteiger partial charge >= 0.3 is 0 Å². The highest BCUT2D eigenvalue weighted by Crippen LogP contribution is 2.17. The molecule has 1 heterocycles. The largest absolute Gasteiger partial charge is 0.326 e. The standard InChI is InChI=1S/C18H20N4O4S/c1-11-15(12(2)21-18(24)16(11)10-19)8-9-17(23)22-13-4-6-14(7-5-13)27(25,26)20-3/h4-7,20H,8-9H2,1-3H3,(H,21,24)(H,22,23). The van der Waals surface area contributed by atoms with Crippen molar-refractivity contribution in [1.82, 2.24) is 9.71 Å². The third kappa shape index (κ3) is 4.61. The molecule has 1 aromatic carbocycles. The fourth-order valence-electron chi connectivity index (χ4n) is 2.72. The lowest BCUT2D eigenvalue weighted by Gasteiger charge is -2.11. The summed E-state index contributed by atoms with van der Waals surface area (Å²) in [6.07, 6.45) is 0.510. The van der Waals surface area contributed by atoms with Crippen LogP contribution in [0.3, 0.4) is 0 Å². The summed E-state index contributed by atoms with van der Waals surface area (Å²) < 4.78 is 25.6. The lowest BCUT2D eigenvalue weighted by molar-refractivity contribution is -0.116. The lowest BCUT2D eigenvalue weighted by atomic mass is 9.99. The van der Waals surface area contributed by atoms with Crippen LogP contribution in [0.1, 0.15) is 28.8 Å². The van der Waals surface area contributed by atoms with E-state index in [1.54, 1.807) is 13.8 Å². The van der Waals surface area contributed by atoms with E-state index in [1.165, 1.54) is 31.3 Å². The van der Waals surface area contributed by atoms with Crippen molar-refractivity contribution in [2.45, 2.75) is 31.6 Å². The summed E-state index contributed by atoms with van der Waals surface area (Å²) in [5, 5.41) is 11.8. The number of nitrogens with zero attached hydrogens (tertiary/aromatic N) is 1. The van der Waals surface area contributed by atoms with E-state index in [1.807, 2.05) is 6.07 Å². The first-order valence-corrected chi connectivity index (χ1v) is 9.64. The van der Waals surface area contributed by atoms with Gasteiger partial charge in [0.25, 0.3) is 5.56 Å². The van der Waals surface area contributed by atoms with Gasteiger partial charge in [-0.25, -0.2) is 13.1 Å². The van der Waals surface area contributed by atoms with E-state index in [4.69, 9.17) is 5.26 Å². The second kappa shape index (κ2) is 8.16. The molecule has 0 bridgehead atoms. The Morgan fingerprint density at radius 1 is 1.22 bits per heavy atom. The predicted molar refractivity (Wildman–Crippen MR) is 101 cm³/mol. The molecule has 2 aromatic rings. The molecule has 0 aliphatic rings. The van der Waals surface area contributed by atoms with Crippen molar-refractivity contribution in [2.75, 3.05) is 12.4 Å². The fraction of sp³-hybridized carbons (Fsp3) is 0.278. The highest BCUT2D eigenvalue weighted by molar-refractivity contribution is 7.89. The maximum absolute atomic E-state index is 12.2. The maximum atomic E-state index is 12.2. The van der Waals surface area contributed by atoms with Crippen LogP contribution < -0.4 is 15.6 Å². The first kappa shape index (κ1) is 20.4. The number of carbonyl (C=O) groups is 1. The van der Waals surface area contributed by atoms with Gasteiger partial charge in [-0.1, -0.05) is 0 Å². The Balaban J connectivity index is 2.08. The number of carbonyl (C=O) groups excluding carboxylic acids is 1. The molecule has 142 valence electrons. The summed E-state index contributed by atoms with van der Waals surface area (Å²) in [5.41, 5.74) is 2.06. The second-order valence-corrected chi connectivity index (χ2v) is 7.84. The predicted octanol–water partition coefficient (Wildman–Crippen LogP) is 1.34. The smallest absolute Gasteiger partial charge is 0.266 e. The number of amides is 1. The van der Waals surface area contributed by atoms with E-state index in [0.717, 1.165) is 5.56 Å². The Morgan fingerprint density at radius 3 is 2.41 bits per heavy atom. The van der Waals surface area contributed by atoms with Crippen LogP contribution in [0.25, 0.3) is 0 Å². The molecule has 2 rings (SSSR count). The van der Waals surface area contributed by atoms with Crippen molar-refractivity contribution in [1.29, 1.82) is 5.26 Å². The summed E-state index contributed by atoms with van der Waals surface area (Å²) in [7, 11) is -2.20. The molecule has 0 atom stereocenters. The minimum atomic E-state index is -3.53. The van der Waals surface area contributed by atoms with Gasteiger partial charge in [-0.3, -0.25) is 9.59 Å². The highest BCUT2D eigenvalue weighted by Gasteiger charge is 2.14. The van der Waals surface area contributed by atoms with Gasteiger partial charge in [0.2, 0.25) is 15.9 Å². The van der Waals surface area contributed by atoms with Gasteiger partial charge in [0, 0.05) is 17.8 Å². The summed E-state index contributed by atoms with van der Waals surface area (Å²) in [6.45, 7) is 3.42. The molecule has 0 aliphatic carbocycles. The zero-order valence-electron chi connectivity index (χ0n) is 15.2. The third-order valence-corrected chi connectivity index (χ3v) is 5.67. The molecular weight excluding hydrogens is 368 g/mol. The summed E-state index contributed by atoms with van der Waals surface area (Å²) in [6, 6.07) is 7.69. The normalized spacial score (nSPS) is 11.0. The van der Waals surface area contributed by atoms with E-state index in [9.17, 15) is 18.0 Å². The van der Waals surface area contributed by atoms with Crippen LogP contribution in [0.2, 0.25) is 0 Å². The number of anilines is 1. The number of nitrogens with one attached hydrogen (secondary N) is 3. The van der Waals surface area contributed by atoms with Crippen LogP contribution in [-0.4, -0.2) is 26.4 Å². The van der Waals surface area contributed by atoms with Crippen LogP contribution in [0.4, 0.5) is 5.69 Å². The fourth-order valence-corrected chi connectivity index (χ4v) is 3.45. The van der Waals surface area contributed by atoms with Crippen molar-refractivity contribution in [2.24, 2.45) is 0 Å². The van der Waals surface area contributed by atoms with Gasteiger partial charge in [0.05, 0.1) is 4.90 Å². The number of pyridine rings is 1. The van der Waals surface area contributed by atoms with Gasteiger partial charge in [-0.2, -0.15) is 5.26 Å². The Morgan fingerprint density at radius 2 is 1.85 bits per heavy atom.